The van der Waals surface area contributed by atoms with Crippen molar-refractivity contribution in [3.05, 3.63) is 29.6 Å². The average Bonchev–Trinajstić information content (AvgIpc) is 2.38. The number of carbonyl (C=O) groups is 2. The van der Waals surface area contributed by atoms with E-state index in [0.717, 1.165) is 6.42 Å². The molecule has 0 radical (unpaired) electrons. The molecular formula is C13H14N2O3. The zero-order valence-electron chi connectivity index (χ0n) is 10.0. The molecular weight excluding hydrogens is 232 g/mol. The summed E-state index contributed by atoms with van der Waals surface area (Å²) in [5.41, 5.74) is -0.123. The molecule has 1 atom stereocenters. The van der Waals surface area contributed by atoms with Crippen LogP contribution in [-0.4, -0.2) is 28.0 Å². The molecule has 18 heavy (non-hydrogen) atoms. The van der Waals surface area contributed by atoms with Crippen molar-refractivity contribution in [2.45, 2.75) is 25.8 Å². The highest BCUT2D eigenvalue weighted by molar-refractivity contribution is 5.94. The Labute approximate surface area is 105 Å². The summed E-state index contributed by atoms with van der Waals surface area (Å²) in [5.74, 6) is 0.827. The number of aromatic carboxylic acids is 1. The molecule has 1 heterocycles. The minimum absolute atomic E-state index is 0.0475. The van der Waals surface area contributed by atoms with Gasteiger partial charge in [-0.25, -0.2) is 9.78 Å². The van der Waals surface area contributed by atoms with E-state index in [-0.39, 0.29) is 17.4 Å². The van der Waals surface area contributed by atoms with Crippen molar-refractivity contribution in [1.29, 1.82) is 0 Å². The van der Waals surface area contributed by atoms with E-state index in [9.17, 15) is 9.59 Å². The Hall–Kier alpha value is -2.35. The van der Waals surface area contributed by atoms with E-state index in [1.54, 1.807) is 0 Å². The second-order valence-electron chi connectivity index (χ2n) is 3.69. The third-order valence-electron chi connectivity index (χ3n) is 2.28. The first-order valence-electron chi connectivity index (χ1n) is 5.55. The third kappa shape index (κ3) is 3.59. The molecule has 2 N–H and O–H groups in total. The van der Waals surface area contributed by atoms with Crippen LogP contribution in [0.3, 0.4) is 0 Å². The van der Waals surface area contributed by atoms with E-state index in [0.29, 0.717) is 6.42 Å². The van der Waals surface area contributed by atoms with Gasteiger partial charge in [0, 0.05) is 0 Å². The molecule has 0 fully saturated rings. The molecule has 5 heteroatoms. The molecule has 94 valence electrons. The number of hydrogen-bond donors (Lipinski definition) is 2. The van der Waals surface area contributed by atoms with E-state index in [2.05, 4.69) is 16.2 Å². The van der Waals surface area contributed by atoms with Gasteiger partial charge in [-0.05, 0) is 18.6 Å². The molecule has 0 aliphatic carbocycles. The van der Waals surface area contributed by atoms with Gasteiger partial charge in [0.15, 0.2) is 0 Å². The Morgan fingerprint density at radius 2 is 2.17 bits per heavy atom. The molecule has 0 aliphatic rings. The van der Waals surface area contributed by atoms with Gasteiger partial charge in [0.25, 0.3) is 5.91 Å². The van der Waals surface area contributed by atoms with Gasteiger partial charge in [-0.3, -0.25) is 4.79 Å². The maximum Gasteiger partial charge on any atom is 0.354 e. The zero-order chi connectivity index (χ0) is 13.5. The van der Waals surface area contributed by atoms with Crippen molar-refractivity contribution in [3.63, 3.8) is 0 Å². The quantitative estimate of drug-likeness (QED) is 0.768. The first kappa shape index (κ1) is 13.7. The van der Waals surface area contributed by atoms with Gasteiger partial charge in [0.05, 0.1) is 6.04 Å². The largest absolute Gasteiger partial charge is 0.477 e. The number of rotatable bonds is 5. The summed E-state index contributed by atoms with van der Waals surface area (Å²) in [4.78, 5) is 26.3. The monoisotopic (exact) mass is 246 g/mol. The van der Waals surface area contributed by atoms with Crippen LogP contribution in [0.25, 0.3) is 0 Å². The summed E-state index contributed by atoms with van der Waals surface area (Å²) >= 11 is 0. The first-order valence-corrected chi connectivity index (χ1v) is 5.55. The van der Waals surface area contributed by atoms with E-state index >= 15 is 0 Å². The number of pyridine rings is 1. The summed E-state index contributed by atoms with van der Waals surface area (Å²) in [6.45, 7) is 1.96. The number of nitrogens with zero attached hydrogens (tertiary/aromatic N) is 1. The number of hydrogen-bond acceptors (Lipinski definition) is 3. The fourth-order valence-corrected chi connectivity index (χ4v) is 1.40. The molecule has 5 nitrogen and oxygen atoms in total. The Balaban J connectivity index is 2.81. The van der Waals surface area contributed by atoms with E-state index in [1.807, 2.05) is 6.92 Å². The third-order valence-corrected chi connectivity index (χ3v) is 2.28. The van der Waals surface area contributed by atoms with Crippen LogP contribution in [0.2, 0.25) is 0 Å². The lowest BCUT2D eigenvalue weighted by molar-refractivity contribution is 0.0690. The lowest BCUT2D eigenvalue weighted by Gasteiger charge is -2.11. The van der Waals surface area contributed by atoms with Crippen molar-refractivity contribution in [3.8, 4) is 12.3 Å². The van der Waals surface area contributed by atoms with Crippen molar-refractivity contribution >= 4 is 11.9 Å². The Morgan fingerprint density at radius 3 is 2.72 bits per heavy atom. The summed E-state index contributed by atoms with van der Waals surface area (Å²) < 4.78 is 0. The lowest BCUT2D eigenvalue weighted by atomic mass is 10.1. The van der Waals surface area contributed by atoms with Crippen molar-refractivity contribution in [1.82, 2.24) is 10.3 Å². The molecule has 0 spiro atoms. The zero-order valence-corrected chi connectivity index (χ0v) is 10.0. The van der Waals surface area contributed by atoms with E-state index < -0.39 is 11.9 Å². The first-order chi connectivity index (χ1) is 8.58. The van der Waals surface area contributed by atoms with Crippen molar-refractivity contribution in [2.24, 2.45) is 0 Å². The summed E-state index contributed by atoms with van der Waals surface area (Å²) in [6.07, 6.45) is 6.80. The average molecular weight is 246 g/mol. The molecule has 0 aliphatic heterocycles. The SMILES string of the molecule is C#CC(CCC)NC(=O)c1cccc(C(=O)O)n1. The molecule has 1 aromatic rings. The molecule has 1 rings (SSSR count). The molecule has 1 aromatic heterocycles. The number of carboxylic acid groups (broad SMARTS) is 1. The fraction of sp³-hybridized carbons (Fsp3) is 0.308. The number of aromatic nitrogens is 1. The molecule has 1 amide bonds. The van der Waals surface area contributed by atoms with Gasteiger partial charge in [0.1, 0.15) is 11.4 Å². The number of carbonyl (C=O) groups excluding carboxylic acids is 1. The molecule has 0 aromatic carbocycles. The van der Waals surface area contributed by atoms with Gasteiger partial charge >= 0.3 is 5.97 Å². The Kier molecular flexibility index (Phi) is 4.88. The minimum atomic E-state index is -1.17. The van der Waals surface area contributed by atoms with Crippen LogP contribution in [0.5, 0.6) is 0 Å². The van der Waals surface area contributed by atoms with Gasteiger partial charge in [-0.2, -0.15) is 0 Å². The second kappa shape index (κ2) is 6.40. The highest BCUT2D eigenvalue weighted by atomic mass is 16.4. The second-order valence-corrected chi connectivity index (χ2v) is 3.69. The van der Waals surface area contributed by atoms with Crippen molar-refractivity contribution in [2.75, 3.05) is 0 Å². The van der Waals surface area contributed by atoms with Gasteiger partial charge in [-0.15, -0.1) is 6.42 Å². The predicted octanol–water partition coefficient (Wildman–Crippen LogP) is 1.31. The van der Waals surface area contributed by atoms with Gasteiger partial charge < -0.3 is 10.4 Å². The van der Waals surface area contributed by atoms with Crippen molar-refractivity contribution < 1.29 is 14.7 Å². The summed E-state index contributed by atoms with van der Waals surface area (Å²) in [7, 11) is 0. The highest BCUT2D eigenvalue weighted by Crippen LogP contribution is 2.02. The van der Waals surface area contributed by atoms with E-state index in [1.165, 1.54) is 18.2 Å². The fourth-order valence-electron chi connectivity index (χ4n) is 1.40. The van der Waals surface area contributed by atoms with E-state index in [4.69, 9.17) is 11.5 Å². The molecule has 0 saturated heterocycles. The Bertz CT molecular complexity index is 491. The van der Waals surface area contributed by atoms with Crippen LogP contribution in [0.1, 0.15) is 40.7 Å². The topological polar surface area (TPSA) is 79.3 Å². The number of nitrogens with one attached hydrogen (secondary N) is 1. The normalized spacial score (nSPS) is 11.3. The molecule has 1 unspecified atom stereocenters. The van der Waals surface area contributed by atoms with Crippen LogP contribution in [-0.2, 0) is 0 Å². The van der Waals surface area contributed by atoms with Crippen LogP contribution < -0.4 is 5.32 Å². The van der Waals surface area contributed by atoms with Gasteiger partial charge in [-0.1, -0.05) is 25.3 Å². The Morgan fingerprint density at radius 1 is 1.50 bits per heavy atom. The summed E-state index contributed by atoms with van der Waals surface area (Å²) in [5, 5.41) is 11.4. The molecule has 0 bridgehead atoms. The lowest BCUT2D eigenvalue weighted by Crippen LogP contribution is -2.34. The van der Waals surface area contributed by atoms with Crippen LogP contribution in [0.4, 0.5) is 0 Å². The highest BCUT2D eigenvalue weighted by Gasteiger charge is 2.14. The van der Waals surface area contributed by atoms with Crippen LogP contribution in [0, 0.1) is 12.3 Å². The predicted molar refractivity (Wildman–Crippen MR) is 66.2 cm³/mol. The summed E-state index contributed by atoms with van der Waals surface area (Å²) in [6, 6.07) is 3.87. The molecule has 0 saturated carbocycles. The maximum absolute atomic E-state index is 11.8. The van der Waals surface area contributed by atoms with Gasteiger partial charge in [0.2, 0.25) is 0 Å². The van der Waals surface area contributed by atoms with Crippen LogP contribution >= 0.6 is 0 Å². The standard InChI is InChI=1S/C13H14N2O3/c1-3-6-9(4-2)14-12(16)10-7-5-8-11(15-10)13(17)18/h2,5,7-9H,3,6H2,1H3,(H,14,16)(H,17,18). The number of carboxylic acids is 1. The van der Waals surface area contributed by atoms with Crippen LogP contribution in [0.15, 0.2) is 18.2 Å². The minimum Gasteiger partial charge on any atom is -0.477 e. The number of terminal acetylenes is 1. The maximum atomic E-state index is 11.8. The number of amides is 1. The smallest absolute Gasteiger partial charge is 0.354 e.